The van der Waals surface area contributed by atoms with Gasteiger partial charge in [0, 0.05) is 27.3 Å². The van der Waals surface area contributed by atoms with Crippen molar-refractivity contribution in [2.24, 2.45) is 10.9 Å². The summed E-state index contributed by atoms with van der Waals surface area (Å²) in [5.74, 6) is 0.0559. The van der Waals surface area contributed by atoms with E-state index in [-0.39, 0.29) is 17.7 Å². The summed E-state index contributed by atoms with van der Waals surface area (Å²) in [7, 11) is 0. The van der Waals surface area contributed by atoms with Crippen LogP contribution >= 0.6 is 23.4 Å². The maximum absolute atomic E-state index is 8.87. The molecular weight excluding hydrogens is 260 g/mol. The minimum atomic E-state index is 0.0559. The van der Waals surface area contributed by atoms with Crippen molar-refractivity contribution < 1.29 is 10.3 Å². The number of amidine groups is 1. The minimum Gasteiger partial charge on any atom is -0.409 e. The molecule has 0 aromatic heterocycles. The van der Waals surface area contributed by atoms with E-state index in [4.69, 9.17) is 27.6 Å². The molecule has 4 nitrogen and oxygen atoms in total. The zero-order valence-electron chi connectivity index (χ0n) is 9.43. The van der Waals surface area contributed by atoms with E-state index >= 15 is 0 Å². The first-order chi connectivity index (χ1) is 8.08. The van der Waals surface area contributed by atoms with Crippen LogP contribution in [0.4, 0.5) is 0 Å². The SMILES string of the molecule is CC(CCO)Sc1cc(Cl)ccc1C(N)=NO. The summed E-state index contributed by atoms with van der Waals surface area (Å²) in [6.07, 6.45) is 0.673. The predicted molar refractivity (Wildman–Crippen MR) is 71.0 cm³/mol. The van der Waals surface area contributed by atoms with E-state index in [1.54, 1.807) is 18.2 Å². The van der Waals surface area contributed by atoms with E-state index in [2.05, 4.69) is 5.16 Å². The molecule has 1 rings (SSSR count). The molecule has 0 saturated heterocycles. The Labute approximate surface area is 109 Å². The van der Waals surface area contributed by atoms with Gasteiger partial charge in [-0.3, -0.25) is 0 Å². The van der Waals surface area contributed by atoms with E-state index < -0.39 is 0 Å². The standard InChI is InChI=1S/C11H15ClN2O2S/c1-7(4-5-15)17-10-6-8(12)2-3-9(10)11(13)14-16/h2-3,6-7,15-16H,4-5H2,1H3,(H2,13,14). The second-order valence-corrected chi connectivity index (χ2v) is 5.48. The highest BCUT2D eigenvalue weighted by Gasteiger charge is 2.12. The van der Waals surface area contributed by atoms with E-state index in [1.807, 2.05) is 6.92 Å². The highest BCUT2D eigenvalue weighted by atomic mass is 35.5. The molecule has 0 aliphatic carbocycles. The van der Waals surface area contributed by atoms with Crippen molar-refractivity contribution in [1.82, 2.24) is 0 Å². The first-order valence-electron chi connectivity index (χ1n) is 5.13. The Balaban J connectivity index is 2.99. The second-order valence-electron chi connectivity index (χ2n) is 3.57. The zero-order chi connectivity index (χ0) is 12.8. The number of hydrogen-bond acceptors (Lipinski definition) is 4. The Morgan fingerprint density at radius 2 is 2.29 bits per heavy atom. The average molecular weight is 275 g/mol. The second kappa shape index (κ2) is 6.74. The molecule has 0 fully saturated rings. The molecule has 1 aromatic rings. The van der Waals surface area contributed by atoms with Gasteiger partial charge in [-0.15, -0.1) is 11.8 Å². The van der Waals surface area contributed by atoms with Crippen LogP contribution in [-0.2, 0) is 0 Å². The van der Waals surface area contributed by atoms with Crippen molar-refractivity contribution in [2.75, 3.05) is 6.61 Å². The smallest absolute Gasteiger partial charge is 0.171 e. The third-order valence-corrected chi connectivity index (χ3v) is 3.66. The molecule has 0 amide bonds. The molecule has 0 bridgehead atoms. The number of aliphatic hydroxyl groups excluding tert-OH is 1. The number of halogens is 1. The van der Waals surface area contributed by atoms with E-state index in [0.29, 0.717) is 17.0 Å². The average Bonchev–Trinajstić information content (AvgIpc) is 2.28. The molecule has 1 unspecified atom stereocenters. The van der Waals surface area contributed by atoms with E-state index in [1.165, 1.54) is 11.8 Å². The summed E-state index contributed by atoms with van der Waals surface area (Å²) >= 11 is 7.46. The topological polar surface area (TPSA) is 78.8 Å². The Hall–Kier alpha value is -0.910. The van der Waals surface area contributed by atoms with Crippen molar-refractivity contribution in [3.05, 3.63) is 28.8 Å². The predicted octanol–water partition coefficient (Wildman–Crippen LogP) is 2.30. The molecule has 94 valence electrons. The van der Waals surface area contributed by atoms with Gasteiger partial charge in [0.1, 0.15) is 0 Å². The number of nitrogens with zero attached hydrogens (tertiary/aromatic N) is 1. The van der Waals surface area contributed by atoms with Gasteiger partial charge in [-0.05, 0) is 24.6 Å². The normalized spacial score (nSPS) is 13.7. The summed E-state index contributed by atoms with van der Waals surface area (Å²) in [5.41, 5.74) is 6.23. The van der Waals surface area contributed by atoms with Crippen LogP contribution in [0.25, 0.3) is 0 Å². The molecule has 1 aromatic carbocycles. The van der Waals surface area contributed by atoms with Gasteiger partial charge in [-0.25, -0.2) is 0 Å². The quantitative estimate of drug-likeness (QED) is 0.253. The van der Waals surface area contributed by atoms with E-state index in [0.717, 1.165) is 4.90 Å². The van der Waals surface area contributed by atoms with Gasteiger partial charge in [0.15, 0.2) is 5.84 Å². The lowest BCUT2D eigenvalue weighted by atomic mass is 10.2. The number of aliphatic hydroxyl groups is 1. The van der Waals surface area contributed by atoms with Crippen LogP contribution in [0.2, 0.25) is 5.02 Å². The van der Waals surface area contributed by atoms with Gasteiger partial charge in [-0.2, -0.15) is 0 Å². The molecule has 6 heteroatoms. The number of hydrogen-bond donors (Lipinski definition) is 3. The van der Waals surface area contributed by atoms with Crippen molar-refractivity contribution in [3.63, 3.8) is 0 Å². The first kappa shape index (κ1) is 14.2. The zero-order valence-corrected chi connectivity index (χ0v) is 11.0. The molecular formula is C11H15ClN2O2S. The maximum atomic E-state index is 8.87. The summed E-state index contributed by atoms with van der Waals surface area (Å²) in [6, 6.07) is 5.18. The van der Waals surface area contributed by atoms with Gasteiger partial charge in [0.05, 0.1) is 0 Å². The van der Waals surface area contributed by atoms with Crippen LogP contribution in [0.1, 0.15) is 18.9 Å². The monoisotopic (exact) mass is 274 g/mol. The van der Waals surface area contributed by atoms with Gasteiger partial charge in [0.2, 0.25) is 0 Å². The fraction of sp³-hybridized carbons (Fsp3) is 0.364. The lowest BCUT2D eigenvalue weighted by molar-refractivity contribution is 0.289. The third-order valence-electron chi connectivity index (χ3n) is 2.19. The van der Waals surface area contributed by atoms with Crippen LogP contribution in [-0.4, -0.2) is 28.0 Å². The van der Waals surface area contributed by atoms with Crippen LogP contribution in [0.15, 0.2) is 28.3 Å². The summed E-state index contributed by atoms with van der Waals surface area (Å²) in [5, 5.41) is 21.4. The van der Waals surface area contributed by atoms with Crippen LogP contribution in [0.3, 0.4) is 0 Å². The molecule has 0 radical (unpaired) electrons. The largest absolute Gasteiger partial charge is 0.409 e. The molecule has 17 heavy (non-hydrogen) atoms. The molecule has 0 heterocycles. The molecule has 0 aliphatic rings. The number of benzene rings is 1. The Bertz CT molecular complexity index is 412. The molecule has 4 N–H and O–H groups in total. The van der Waals surface area contributed by atoms with Gasteiger partial charge in [-0.1, -0.05) is 23.7 Å². The highest BCUT2D eigenvalue weighted by Crippen LogP contribution is 2.30. The van der Waals surface area contributed by atoms with E-state index in [9.17, 15) is 0 Å². The number of rotatable bonds is 5. The summed E-state index contributed by atoms with van der Waals surface area (Å²) < 4.78 is 0. The van der Waals surface area contributed by atoms with Crippen molar-refractivity contribution in [1.29, 1.82) is 0 Å². The van der Waals surface area contributed by atoms with Crippen LogP contribution in [0.5, 0.6) is 0 Å². The van der Waals surface area contributed by atoms with Gasteiger partial charge in [0.25, 0.3) is 0 Å². The molecule has 0 saturated carbocycles. The van der Waals surface area contributed by atoms with Crippen LogP contribution in [0, 0.1) is 0 Å². The van der Waals surface area contributed by atoms with Crippen LogP contribution < -0.4 is 5.73 Å². The van der Waals surface area contributed by atoms with Crippen molar-refractivity contribution >= 4 is 29.2 Å². The molecule has 1 atom stereocenters. The highest BCUT2D eigenvalue weighted by molar-refractivity contribution is 8.00. The Morgan fingerprint density at radius 1 is 1.59 bits per heavy atom. The number of oxime groups is 1. The summed E-state index contributed by atoms with van der Waals surface area (Å²) in [6.45, 7) is 2.13. The van der Waals surface area contributed by atoms with Crippen molar-refractivity contribution in [3.8, 4) is 0 Å². The Morgan fingerprint density at radius 3 is 2.88 bits per heavy atom. The maximum Gasteiger partial charge on any atom is 0.171 e. The number of thioether (sulfide) groups is 1. The lowest BCUT2D eigenvalue weighted by Crippen LogP contribution is -2.14. The molecule has 0 spiro atoms. The first-order valence-corrected chi connectivity index (χ1v) is 6.39. The Kier molecular flexibility index (Phi) is 5.61. The van der Waals surface area contributed by atoms with Crippen molar-refractivity contribution in [2.45, 2.75) is 23.5 Å². The molecule has 0 aliphatic heterocycles. The lowest BCUT2D eigenvalue weighted by Gasteiger charge is -2.13. The van der Waals surface area contributed by atoms with Gasteiger partial charge >= 0.3 is 0 Å². The summed E-state index contributed by atoms with van der Waals surface area (Å²) in [4.78, 5) is 0.841. The third kappa shape index (κ3) is 4.11. The fourth-order valence-corrected chi connectivity index (χ4v) is 2.70. The van der Waals surface area contributed by atoms with Gasteiger partial charge < -0.3 is 16.0 Å². The number of nitrogens with two attached hydrogens (primary N) is 1. The fourth-order valence-electron chi connectivity index (χ4n) is 1.32. The minimum absolute atomic E-state index is 0.0559.